The summed E-state index contributed by atoms with van der Waals surface area (Å²) in [5.74, 6) is -0.878. The zero-order valence-corrected chi connectivity index (χ0v) is 18.3. The molecule has 164 valence electrons. The minimum Gasteiger partial charge on any atom is -0.342 e. The third-order valence-corrected chi connectivity index (χ3v) is 5.61. The summed E-state index contributed by atoms with van der Waals surface area (Å²) in [6.07, 6.45) is 0. The van der Waals surface area contributed by atoms with Crippen LogP contribution in [0.3, 0.4) is 0 Å². The van der Waals surface area contributed by atoms with Crippen molar-refractivity contribution in [3.05, 3.63) is 92.0 Å². The molecule has 2 aromatic heterocycles. The van der Waals surface area contributed by atoms with Gasteiger partial charge in [-0.2, -0.15) is 0 Å². The summed E-state index contributed by atoms with van der Waals surface area (Å²) in [6, 6.07) is 12.4. The maximum Gasteiger partial charge on any atom is 0.336 e. The highest BCUT2D eigenvalue weighted by atomic mass is 19.1. The van der Waals surface area contributed by atoms with Crippen LogP contribution in [0.5, 0.6) is 0 Å². The average molecular weight is 434 g/mol. The summed E-state index contributed by atoms with van der Waals surface area (Å²) in [4.78, 5) is 39.4. The molecule has 4 rings (SSSR count). The first-order chi connectivity index (χ1) is 15.2. The van der Waals surface area contributed by atoms with E-state index in [1.54, 1.807) is 17.7 Å². The SMILES string of the molecule is Cc1ccc(NC(=O)Cn2c(=O)n(-c3ccc(F)cc3)c(=O)c3c2cc(C)n3C)c(C)c1. The van der Waals surface area contributed by atoms with E-state index in [0.29, 0.717) is 11.2 Å². The van der Waals surface area contributed by atoms with E-state index in [4.69, 9.17) is 0 Å². The smallest absolute Gasteiger partial charge is 0.336 e. The number of amides is 1. The maximum absolute atomic E-state index is 13.4. The molecule has 0 bridgehead atoms. The number of hydrogen-bond donors (Lipinski definition) is 1. The summed E-state index contributed by atoms with van der Waals surface area (Å²) in [5, 5.41) is 2.84. The van der Waals surface area contributed by atoms with Gasteiger partial charge in [-0.3, -0.25) is 14.2 Å². The van der Waals surface area contributed by atoms with Crippen molar-refractivity contribution >= 4 is 22.6 Å². The van der Waals surface area contributed by atoms with Gasteiger partial charge in [0.25, 0.3) is 5.56 Å². The lowest BCUT2D eigenvalue weighted by atomic mass is 10.1. The van der Waals surface area contributed by atoms with Gasteiger partial charge in [0.05, 0.1) is 11.2 Å². The Labute approximate surface area is 183 Å². The van der Waals surface area contributed by atoms with Crippen molar-refractivity contribution < 1.29 is 9.18 Å². The van der Waals surface area contributed by atoms with Crippen LogP contribution in [0.15, 0.2) is 58.1 Å². The largest absolute Gasteiger partial charge is 0.342 e. The second kappa shape index (κ2) is 7.96. The standard InChI is InChI=1S/C24H23FN4O3/c1-14-5-10-19(15(2)11-14)26-21(30)13-28-20-12-16(3)27(4)22(20)23(31)29(24(28)32)18-8-6-17(25)7-9-18/h5-12H,13H2,1-4H3,(H,26,30). The Kier molecular flexibility index (Phi) is 5.30. The molecule has 1 N–H and O–H groups in total. The minimum atomic E-state index is -0.671. The lowest BCUT2D eigenvalue weighted by Gasteiger charge is -2.14. The molecule has 0 radical (unpaired) electrons. The van der Waals surface area contributed by atoms with Crippen LogP contribution < -0.4 is 16.6 Å². The maximum atomic E-state index is 13.4. The third kappa shape index (κ3) is 3.64. The van der Waals surface area contributed by atoms with Crippen LogP contribution in [-0.4, -0.2) is 19.6 Å². The zero-order valence-electron chi connectivity index (χ0n) is 18.3. The van der Waals surface area contributed by atoms with Crippen molar-refractivity contribution in [2.75, 3.05) is 5.32 Å². The van der Waals surface area contributed by atoms with Crippen LogP contribution in [-0.2, 0) is 18.4 Å². The summed E-state index contributed by atoms with van der Waals surface area (Å²) in [5.41, 5.74) is 3.07. The number of anilines is 1. The van der Waals surface area contributed by atoms with Crippen molar-refractivity contribution in [3.63, 3.8) is 0 Å². The van der Waals surface area contributed by atoms with E-state index in [-0.39, 0.29) is 17.7 Å². The first-order valence-electron chi connectivity index (χ1n) is 10.1. The Hall–Kier alpha value is -3.94. The van der Waals surface area contributed by atoms with Crippen molar-refractivity contribution in [2.24, 2.45) is 7.05 Å². The highest BCUT2D eigenvalue weighted by Gasteiger charge is 2.20. The van der Waals surface area contributed by atoms with Crippen LogP contribution in [0.4, 0.5) is 10.1 Å². The number of halogens is 1. The molecule has 0 atom stereocenters. The average Bonchev–Trinajstić information content (AvgIpc) is 3.03. The monoisotopic (exact) mass is 434 g/mol. The van der Waals surface area contributed by atoms with Crippen molar-refractivity contribution in [1.29, 1.82) is 0 Å². The molecular weight excluding hydrogens is 411 g/mol. The van der Waals surface area contributed by atoms with Crippen LogP contribution >= 0.6 is 0 Å². The second-order valence-electron chi connectivity index (χ2n) is 7.93. The van der Waals surface area contributed by atoms with Gasteiger partial charge in [0.1, 0.15) is 17.9 Å². The van der Waals surface area contributed by atoms with Gasteiger partial charge < -0.3 is 9.88 Å². The molecule has 0 saturated heterocycles. The predicted molar refractivity (Wildman–Crippen MR) is 122 cm³/mol. The molecule has 2 heterocycles. The van der Waals surface area contributed by atoms with E-state index in [9.17, 15) is 18.8 Å². The zero-order chi connectivity index (χ0) is 23.2. The molecule has 4 aromatic rings. The summed E-state index contributed by atoms with van der Waals surface area (Å²) >= 11 is 0. The van der Waals surface area contributed by atoms with Gasteiger partial charge in [0.2, 0.25) is 5.91 Å². The van der Waals surface area contributed by atoms with Crippen LogP contribution in [0.2, 0.25) is 0 Å². The topological polar surface area (TPSA) is 78.0 Å². The Morgan fingerprint density at radius 3 is 2.34 bits per heavy atom. The predicted octanol–water partition coefficient (Wildman–Crippen LogP) is 3.19. The Morgan fingerprint density at radius 1 is 1.00 bits per heavy atom. The van der Waals surface area contributed by atoms with E-state index in [1.165, 1.54) is 28.8 Å². The van der Waals surface area contributed by atoms with Gasteiger partial charge in [-0.25, -0.2) is 13.8 Å². The van der Waals surface area contributed by atoms with Gasteiger partial charge in [-0.1, -0.05) is 17.7 Å². The number of nitrogens with zero attached hydrogens (tertiary/aromatic N) is 3. The van der Waals surface area contributed by atoms with E-state index < -0.39 is 23.0 Å². The number of hydrogen-bond acceptors (Lipinski definition) is 3. The number of benzene rings is 2. The fourth-order valence-electron chi connectivity index (χ4n) is 3.84. The van der Waals surface area contributed by atoms with Crippen molar-refractivity contribution in [1.82, 2.24) is 13.7 Å². The molecule has 0 aliphatic rings. The Morgan fingerprint density at radius 2 is 1.69 bits per heavy atom. The third-order valence-electron chi connectivity index (χ3n) is 5.61. The summed E-state index contributed by atoms with van der Waals surface area (Å²) in [7, 11) is 1.72. The van der Waals surface area contributed by atoms with Gasteiger partial charge in [0.15, 0.2) is 0 Å². The molecule has 0 saturated carbocycles. The van der Waals surface area contributed by atoms with Gasteiger partial charge in [-0.15, -0.1) is 0 Å². The number of nitrogens with one attached hydrogen (secondary N) is 1. The van der Waals surface area contributed by atoms with Crippen molar-refractivity contribution in [2.45, 2.75) is 27.3 Å². The molecule has 8 heteroatoms. The number of aryl methyl sites for hydroxylation is 4. The molecule has 32 heavy (non-hydrogen) atoms. The molecule has 0 fully saturated rings. The fourth-order valence-corrected chi connectivity index (χ4v) is 3.84. The lowest BCUT2D eigenvalue weighted by Crippen LogP contribution is -2.41. The molecule has 0 unspecified atom stereocenters. The fraction of sp³-hybridized carbons (Fsp3) is 0.208. The van der Waals surface area contributed by atoms with Gasteiger partial charge in [-0.05, 0) is 62.7 Å². The molecule has 0 spiro atoms. The second-order valence-corrected chi connectivity index (χ2v) is 7.93. The Bertz CT molecular complexity index is 1480. The Balaban J connectivity index is 1.86. The first kappa shape index (κ1) is 21.3. The molecule has 2 aromatic carbocycles. The van der Waals surface area contributed by atoms with Crippen molar-refractivity contribution in [3.8, 4) is 5.69 Å². The van der Waals surface area contributed by atoms with E-state index >= 15 is 0 Å². The van der Waals surface area contributed by atoms with Gasteiger partial charge in [0, 0.05) is 18.4 Å². The molecule has 7 nitrogen and oxygen atoms in total. The van der Waals surface area contributed by atoms with E-state index in [2.05, 4.69) is 5.32 Å². The quantitative estimate of drug-likeness (QED) is 0.536. The van der Waals surface area contributed by atoms with E-state index in [1.807, 2.05) is 39.0 Å². The molecular formula is C24H23FN4O3. The van der Waals surface area contributed by atoms with Crippen LogP contribution in [0.1, 0.15) is 16.8 Å². The molecule has 0 aliphatic carbocycles. The van der Waals surface area contributed by atoms with Crippen LogP contribution in [0.25, 0.3) is 16.7 Å². The highest BCUT2D eigenvalue weighted by molar-refractivity contribution is 5.92. The normalized spacial score (nSPS) is 11.2. The summed E-state index contributed by atoms with van der Waals surface area (Å²) < 4.78 is 17.3. The number of carbonyl (C=O) groups is 1. The number of rotatable bonds is 4. The number of fused-ring (bicyclic) bond motifs is 1. The first-order valence-corrected chi connectivity index (χ1v) is 10.1. The lowest BCUT2D eigenvalue weighted by molar-refractivity contribution is -0.116. The highest BCUT2D eigenvalue weighted by Crippen LogP contribution is 2.18. The van der Waals surface area contributed by atoms with Gasteiger partial charge >= 0.3 is 5.69 Å². The van der Waals surface area contributed by atoms with Crippen LogP contribution in [0, 0.1) is 26.6 Å². The summed E-state index contributed by atoms with van der Waals surface area (Å²) in [6.45, 7) is 5.38. The number of carbonyl (C=O) groups excluding carboxylic acids is 1. The molecule has 0 aliphatic heterocycles. The van der Waals surface area contributed by atoms with E-state index in [0.717, 1.165) is 21.4 Å². The number of aromatic nitrogens is 3. The minimum absolute atomic E-state index is 0.227. The molecule has 1 amide bonds.